The molecule has 150 valence electrons. The topological polar surface area (TPSA) is 97.7 Å². The maximum Gasteiger partial charge on any atom is 0.330 e. The molecule has 27 heavy (non-hydrogen) atoms. The molecule has 5 nitrogen and oxygen atoms in total. The normalized spacial score (nSPS) is 10.4. The third-order valence-corrected chi connectivity index (χ3v) is 4.62. The van der Waals surface area contributed by atoms with Gasteiger partial charge in [-0.05, 0) is 42.3 Å². The van der Waals surface area contributed by atoms with E-state index in [0.29, 0.717) is 29.0 Å². The zero-order valence-corrected chi connectivity index (χ0v) is 17.1. The molecule has 0 aromatic heterocycles. The first-order valence-electron chi connectivity index (χ1n) is 8.21. The van der Waals surface area contributed by atoms with Gasteiger partial charge in [0.1, 0.15) is 0 Å². The second-order valence-electron chi connectivity index (χ2n) is 5.75. The number of carbonyl (C=O) groups excluding carboxylic acids is 1. The number of carboxylic acids is 2. The van der Waals surface area contributed by atoms with Crippen molar-refractivity contribution in [2.75, 3.05) is 19.1 Å². The third kappa shape index (κ3) is 14.5. The molecule has 1 unspecified atom stereocenters. The Labute approximate surface area is 165 Å². The lowest BCUT2D eigenvalue weighted by atomic mass is 10.1. The van der Waals surface area contributed by atoms with Crippen molar-refractivity contribution in [3.63, 3.8) is 0 Å². The summed E-state index contributed by atoms with van der Waals surface area (Å²) in [7, 11) is 0.378. The number of carbonyl (C=O) groups is 2. The highest BCUT2D eigenvalue weighted by Crippen LogP contribution is 2.22. The lowest BCUT2D eigenvalue weighted by molar-refractivity contribution is -0.299. The van der Waals surface area contributed by atoms with Gasteiger partial charge in [0.05, 0.1) is 18.5 Å². The van der Waals surface area contributed by atoms with Crippen molar-refractivity contribution in [2.24, 2.45) is 0 Å². The molecule has 0 heterocycles. The highest BCUT2D eigenvalue weighted by molar-refractivity contribution is 7.95. The second-order valence-corrected chi connectivity index (χ2v) is 8.02. The van der Waals surface area contributed by atoms with E-state index < -0.39 is 11.9 Å². The van der Waals surface area contributed by atoms with Crippen molar-refractivity contribution in [1.29, 1.82) is 0 Å². The Kier molecular flexibility index (Phi) is 15.9. The lowest BCUT2D eigenvalue weighted by Gasteiger charge is -2.08. The molecule has 0 fully saturated rings. The predicted molar refractivity (Wildman–Crippen MR) is 112 cm³/mol. The van der Waals surface area contributed by atoms with E-state index in [9.17, 15) is 14.7 Å². The summed E-state index contributed by atoms with van der Waals surface area (Å²) in [6.45, 7) is 11.6. The van der Waals surface area contributed by atoms with Crippen LogP contribution in [-0.4, -0.2) is 41.3 Å². The van der Waals surface area contributed by atoms with Gasteiger partial charge in [0.2, 0.25) is 0 Å². The molecule has 1 rings (SSSR count). The summed E-state index contributed by atoms with van der Waals surface area (Å²) in [5.41, 5.74) is 1.60. The molecule has 1 aromatic rings. The van der Waals surface area contributed by atoms with Crippen molar-refractivity contribution in [3.8, 4) is 0 Å². The minimum atomic E-state index is -1.19. The fraction of sp³-hybridized carbons (Fsp3) is 0.333. The van der Waals surface area contributed by atoms with E-state index in [2.05, 4.69) is 56.5 Å². The predicted octanol–water partition coefficient (Wildman–Crippen LogP) is 2.50. The number of hydrogen-bond donors (Lipinski definition) is 2. The Balaban J connectivity index is 0. The van der Waals surface area contributed by atoms with E-state index in [1.165, 1.54) is 12.5 Å². The largest absolute Gasteiger partial charge is 0.545 e. The summed E-state index contributed by atoms with van der Waals surface area (Å²) in [6, 6.07) is 10.5. The molecule has 0 aliphatic heterocycles. The van der Waals surface area contributed by atoms with Gasteiger partial charge in [-0.1, -0.05) is 50.1 Å². The molecular weight excluding hydrogens is 364 g/mol. The Morgan fingerprint density at radius 2 is 1.70 bits per heavy atom. The van der Waals surface area contributed by atoms with Crippen LogP contribution in [0, 0.1) is 0 Å². The van der Waals surface area contributed by atoms with E-state index >= 15 is 0 Å². The first-order valence-corrected chi connectivity index (χ1v) is 10.3. The summed E-state index contributed by atoms with van der Waals surface area (Å²) in [4.78, 5) is 19.5. The summed E-state index contributed by atoms with van der Waals surface area (Å²) in [5, 5.41) is 26.5. The summed E-state index contributed by atoms with van der Waals surface area (Å²) in [5.74, 6) is -2.17. The van der Waals surface area contributed by atoms with Crippen LogP contribution in [0.3, 0.4) is 0 Å². The van der Waals surface area contributed by atoms with Crippen molar-refractivity contribution in [1.82, 2.24) is 0 Å². The van der Waals surface area contributed by atoms with Crippen molar-refractivity contribution >= 4 is 22.8 Å². The highest BCUT2D eigenvalue weighted by atomic mass is 32.2. The van der Waals surface area contributed by atoms with Gasteiger partial charge < -0.3 is 20.1 Å². The van der Waals surface area contributed by atoms with Crippen LogP contribution in [0.2, 0.25) is 0 Å². The van der Waals surface area contributed by atoms with Crippen LogP contribution in [0.1, 0.15) is 30.6 Å². The zero-order chi connectivity index (χ0) is 21.4. The molecule has 2 N–H and O–H groups in total. The minimum Gasteiger partial charge on any atom is -0.545 e. The zero-order valence-electron chi connectivity index (χ0n) is 16.3. The van der Waals surface area contributed by atoms with Gasteiger partial charge in [0.15, 0.2) is 5.25 Å². The molecule has 1 aromatic carbocycles. The van der Waals surface area contributed by atoms with Gasteiger partial charge in [0.25, 0.3) is 0 Å². The molecule has 0 saturated carbocycles. The fourth-order valence-electron chi connectivity index (χ4n) is 1.64. The Morgan fingerprint density at radius 1 is 1.22 bits per heavy atom. The minimum absolute atomic E-state index is 0.0201. The van der Waals surface area contributed by atoms with E-state index in [4.69, 9.17) is 10.2 Å². The van der Waals surface area contributed by atoms with E-state index in [-0.39, 0.29) is 17.8 Å². The third-order valence-electron chi connectivity index (χ3n) is 3.14. The SMILES string of the molecule is C=C(C)C(=O)[O-].C=C(CCCO)C(=O)O.C=CC(c1ccccc1)[S+](C)C. The number of aliphatic hydroxyl groups excluding tert-OH is 1. The van der Waals surface area contributed by atoms with Crippen LogP contribution in [0.15, 0.2) is 67.3 Å². The number of carboxylic acid groups (broad SMARTS) is 2. The van der Waals surface area contributed by atoms with Crippen LogP contribution >= 0.6 is 0 Å². The second kappa shape index (κ2) is 15.9. The lowest BCUT2D eigenvalue weighted by Crippen LogP contribution is -2.22. The van der Waals surface area contributed by atoms with Gasteiger partial charge in [-0.2, -0.15) is 0 Å². The number of benzene rings is 1. The molecule has 1 atom stereocenters. The average molecular weight is 395 g/mol. The monoisotopic (exact) mass is 394 g/mol. The van der Waals surface area contributed by atoms with Crippen LogP contribution in [-0.2, 0) is 20.5 Å². The molecule has 0 aliphatic carbocycles. The number of aliphatic carboxylic acids is 2. The molecule has 0 saturated heterocycles. The van der Waals surface area contributed by atoms with E-state index in [1.807, 2.05) is 12.1 Å². The van der Waals surface area contributed by atoms with E-state index in [1.54, 1.807) is 0 Å². The van der Waals surface area contributed by atoms with Crippen LogP contribution < -0.4 is 5.11 Å². The number of hydrogen-bond acceptors (Lipinski definition) is 4. The van der Waals surface area contributed by atoms with Gasteiger partial charge in [0, 0.05) is 17.7 Å². The Bertz CT molecular complexity index is 596. The quantitative estimate of drug-likeness (QED) is 0.401. The number of rotatable bonds is 8. The standard InChI is InChI=1S/C11H15S.C6H10O3.C4H6O2/c1-4-11(12(2)3)10-8-6-5-7-9-10;1-5(6(8)9)3-2-4-7;1-3(2)4(5)6/h4-9,11H,1H2,2-3H3;7H,1-4H2,(H,8,9);1H2,2H3,(H,5,6)/q+1;;/p-1. The van der Waals surface area contributed by atoms with Crippen molar-refractivity contribution in [2.45, 2.75) is 25.0 Å². The van der Waals surface area contributed by atoms with Gasteiger partial charge >= 0.3 is 5.97 Å². The summed E-state index contributed by atoms with van der Waals surface area (Å²) in [6.07, 6.45) is 7.38. The fourth-order valence-corrected chi connectivity index (χ4v) is 2.73. The Morgan fingerprint density at radius 3 is 2.00 bits per heavy atom. The summed E-state index contributed by atoms with van der Waals surface area (Å²) < 4.78 is 0. The van der Waals surface area contributed by atoms with Crippen molar-refractivity contribution < 1.29 is 24.9 Å². The maximum absolute atomic E-state index is 10.0. The van der Waals surface area contributed by atoms with E-state index in [0.717, 1.165) is 0 Å². The van der Waals surface area contributed by atoms with Gasteiger partial charge in [-0.3, -0.25) is 0 Å². The average Bonchev–Trinajstić information content (AvgIpc) is 2.61. The smallest absolute Gasteiger partial charge is 0.330 e. The number of aliphatic hydroxyl groups is 1. The maximum atomic E-state index is 10.0. The molecule has 0 radical (unpaired) electrons. The van der Waals surface area contributed by atoms with Crippen molar-refractivity contribution in [3.05, 3.63) is 72.9 Å². The highest BCUT2D eigenvalue weighted by Gasteiger charge is 2.18. The molecule has 0 amide bonds. The van der Waals surface area contributed by atoms with Crippen LogP contribution in [0.25, 0.3) is 0 Å². The molecule has 0 spiro atoms. The van der Waals surface area contributed by atoms with Gasteiger partial charge in [-0.15, -0.1) is 0 Å². The molecule has 0 bridgehead atoms. The molecular formula is C21H30O5S. The first kappa shape index (κ1) is 26.9. The Hall–Kier alpha value is -2.31. The molecule has 0 aliphatic rings. The summed E-state index contributed by atoms with van der Waals surface area (Å²) >= 11 is 0. The van der Waals surface area contributed by atoms with Gasteiger partial charge in [-0.25, -0.2) is 4.79 Å². The molecule has 6 heteroatoms. The van der Waals surface area contributed by atoms with Crippen LogP contribution in [0.5, 0.6) is 0 Å². The van der Waals surface area contributed by atoms with Crippen LogP contribution in [0.4, 0.5) is 0 Å². The first-order chi connectivity index (χ1) is 12.6.